The zero-order valence-electron chi connectivity index (χ0n) is 14.3. The van der Waals surface area contributed by atoms with E-state index in [1.54, 1.807) is 29.7 Å². The van der Waals surface area contributed by atoms with Crippen LogP contribution in [0.3, 0.4) is 0 Å². The first-order valence-electron chi connectivity index (χ1n) is 8.85. The van der Waals surface area contributed by atoms with Gasteiger partial charge in [0.25, 0.3) is 5.91 Å². The molecule has 7 heteroatoms. The number of nitrogens with one attached hydrogen (secondary N) is 1. The third-order valence-electron chi connectivity index (χ3n) is 4.85. The molecule has 3 heterocycles. The molecule has 1 amide bonds. The van der Waals surface area contributed by atoms with Crippen molar-refractivity contribution in [3.63, 3.8) is 0 Å². The summed E-state index contributed by atoms with van der Waals surface area (Å²) in [6, 6.07) is 7.34. The third kappa shape index (κ3) is 3.83. The SMILES string of the molecule is O=C(NCC1CCC(c2nnc(-c3ccsc3)o2)CC1)c1ccccn1. The minimum atomic E-state index is -0.106. The van der Waals surface area contributed by atoms with E-state index >= 15 is 0 Å². The first kappa shape index (κ1) is 16.9. The maximum atomic E-state index is 12.1. The molecule has 0 spiro atoms. The molecule has 1 saturated carbocycles. The minimum absolute atomic E-state index is 0.106. The van der Waals surface area contributed by atoms with E-state index in [1.165, 1.54) is 0 Å². The largest absolute Gasteiger partial charge is 0.420 e. The Labute approximate surface area is 155 Å². The van der Waals surface area contributed by atoms with Gasteiger partial charge in [-0.1, -0.05) is 6.07 Å². The predicted octanol–water partition coefficient (Wildman–Crippen LogP) is 3.90. The molecular weight excluding hydrogens is 348 g/mol. The van der Waals surface area contributed by atoms with Crippen LogP contribution in [0.15, 0.2) is 45.6 Å². The highest BCUT2D eigenvalue weighted by atomic mass is 32.1. The van der Waals surface area contributed by atoms with Gasteiger partial charge in [-0.2, -0.15) is 11.3 Å². The van der Waals surface area contributed by atoms with Gasteiger partial charge in [0.1, 0.15) is 5.69 Å². The zero-order chi connectivity index (χ0) is 17.8. The van der Waals surface area contributed by atoms with E-state index in [-0.39, 0.29) is 5.91 Å². The molecule has 0 unspecified atom stereocenters. The molecule has 26 heavy (non-hydrogen) atoms. The Morgan fingerprint density at radius 3 is 2.81 bits per heavy atom. The molecule has 3 aromatic rings. The molecule has 0 aromatic carbocycles. The lowest BCUT2D eigenvalue weighted by molar-refractivity contribution is 0.0937. The van der Waals surface area contributed by atoms with Gasteiger partial charge >= 0.3 is 0 Å². The van der Waals surface area contributed by atoms with Gasteiger partial charge in [0.2, 0.25) is 11.8 Å². The molecule has 1 aliphatic rings. The Kier molecular flexibility index (Phi) is 5.06. The second-order valence-electron chi connectivity index (χ2n) is 6.60. The highest BCUT2D eigenvalue weighted by Gasteiger charge is 2.27. The number of pyridine rings is 1. The minimum Gasteiger partial charge on any atom is -0.420 e. The third-order valence-corrected chi connectivity index (χ3v) is 5.54. The summed E-state index contributed by atoms with van der Waals surface area (Å²) in [5, 5.41) is 15.4. The van der Waals surface area contributed by atoms with E-state index in [9.17, 15) is 4.79 Å². The number of hydrogen-bond acceptors (Lipinski definition) is 6. The summed E-state index contributed by atoms with van der Waals surface area (Å²) >= 11 is 1.62. The number of rotatable bonds is 5. The molecule has 0 saturated heterocycles. The summed E-state index contributed by atoms with van der Waals surface area (Å²) in [4.78, 5) is 16.2. The van der Waals surface area contributed by atoms with E-state index in [2.05, 4.69) is 20.5 Å². The lowest BCUT2D eigenvalue weighted by atomic mass is 9.82. The molecule has 1 aliphatic carbocycles. The van der Waals surface area contributed by atoms with Gasteiger partial charge in [0, 0.05) is 29.6 Å². The molecule has 0 radical (unpaired) electrons. The van der Waals surface area contributed by atoms with Crippen molar-refractivity contribution in [3.05, 3.63) is 52.8 Å². The molecule has 0 bridgehead atoms. The van der Waals surface area contributed by atoms with Gasteiger partial charge in [-0.15, -0.1) is 10.2 Å². The first-order chi connectivity index (χ1) is 12.8. The molecule has 3 aromatic heterocycles. The van der Waals surface area contributed by atoms with Crippen LogP contribution in [0.1, 0.15) is 48.0 Å². The van der Waals surface area contributed by atoms with Crippen LogP contribution in [-0.4, -0.2) is 27.6 Å². The van der Waals surface area contributed by atoms with Crippen molar-refractivity contribution in [1.29, 1.82) is 0 Å². The number of thiophene rings is 1. The molecular formula is C19H20N4O2S. The van der Waals surface area contributed by atoms with E-state index < -0.39 is 0 Å². The zero-order valence-corrected chi connectivity index (χ0v) is 15.1. The number of nitrogens with zero attached hydrogens (tertiary/aromatic N) is 3. The van der Waals surface area contributed by atoms with Crippen molar-refractivity contribution < 1.29 is 9.21 Å². The monoisotopic (exact) mass is 368 g/mol. The maximum absolute atomic E-state index is 12.1. The van der Waals surface area contributed by atoms with Crippen LogP contribution >= 0.6 is 11.3 Å². The summed E-state index contributed by atoms with van der Waals surface area (Å²) in [5.74, 6) is 2.04. The lowest BCUT2D eigenvalue weighted by Crippen LogP contribution is -2.31. The van der Waals surface area contributed by atoms with Gasteiger partial charge in [-0.25, -0.2) is 0 Å². The fourth-order valence-corrected chi connectivity index (χ4v) is 3.97. The van der Waals surface area contributed by atoms with Gasteiger partial charge in [0.15, 0.2) is 0 Å². The average Bonchev–Trinajstić information content (AvgIpc) is 3.39. The van der Waals surface area contributed by atoms with Crippen molar-refractivity contribution in [2.45, 2.75) is 31.6 Å². The second kappa shape index (κ2) is 7.78. The van der Waals surface area contributed by atoms with Crippen molar-refractivity contribution in [2.75, 3.05) is 6.54 Å². The number of carbonyl (C=O) groups is 1. The Hall–Kier alpha value is -2.54. The Morgan fingerprint density at radius 1 is 1.19 bits per heavy atom. The number of aromatic nitrogens is 3. The van der Waals surface area contributed by atoms with Gasteiger partial charge in [0.05, 0.1) is 0 Å². The van der Waals surface area contributed by atoms with Crippen LogP contribution in [0.5, 0.6) is 0 Å². The first-order valence-corrected chi connectivity index (χ1v) is 9.79. The summed E-state index contributed by atoms with van der Waals surface area (Å²) in [5.41, 5.74) is 1.45. The molecule has 134 valence electrons. The summed E-state index contributed by atoms with van der Waals surface area (Å²) in [6.07, 6.45) is 5.74. The average molecular weight is 368 g/mol. The molecule has 1 N–H and O–H groups in total. The van der Waals surface area contributed by atoms with E-state index in [4.69, 9.17) is 4.42 Å². The van der Waals surface area contributed by atoms with Gasteiger partial charge < -0.3 is 9.73 Å². The number of amides is 1. The van der Waals surface area contributed by atoms with Crippen LogP contribution in [0, 0.1) is 5.92 Å². The standard InChI is InChI=1S/C19H20N4O2S/c24-17(16-3-1-2-9-20-16)21-11-13-4-6-14(7-5-13)18-22-23-19(25-18)15-8-10-26-12-15/h1-3,8-10,12-14H,4-7,11H2,(H,21,24). The molecule has 1 fully saturated rings. The fraction of sp³-hybridized carbons (Fsp3) is 0.368. The van der Waals surface area contributed by atoms with Crippen molar-refractivity contribution >= 4 is 17.2 Å². The fourth-order valence-electron chi connectivity index (χ4n) is 3.34. The van der Waals surface area contributed by atoms with E-state index in [0.29, 0.717) is 30.0 Å². The normalized spacial score (nSPS) is 20.0. The van der Waals surface area contributed by atoms with Crippen LogP contribution in [0.4, 0.5) is 0 Å². The molecule has 0 atom stereocenters. The topological polar surface area (TPSA) is 80.9 Å². The van der Waals surface area contributed by atoms with Gasteiger partial charge in [-0.3, -0.25) is 9.78 Å². The van der Waals surface area contributed by atoms with Crippen LogP contribution in [0.25, 0.3) is 11.5 Å². The highest BCUT2D eigenvalue weighted by molar-refractivity contribution is 7.08. The summed E-state index contributed by atoms with van der Waals surface area (Å²) < 4.78 is 5.87. The molecule has 4 rings (SSSR count). The van der Waals surface area contributed by atoms with Crippen LogP contribution in [0.2, 0.25) is 0 Å². The summed E-state index contributed by atoms with van der Waals surface area (Å²) in [7, 11) is 0. The lowest BCUT2D eigenvalue weighted by Gasteiger charge is -2.26. The second-order valence-corrected chi connectivity index (χ2v) is 7.38. The van der Waals surface area contributed by atoms with Crippen LogP contribution in [-0.2, 0) is 0 Å². The smallest absolute Gasteiger partial charge is 0.269 e. The Balaban J connectivity index is 1.27. The van der Waals surface area contributed by atoms with Crippen LogP contribution < -0.4 is 5.32 Å². The Morgan fingerprint density at radius 2 is 2.08 bits per heavy atom. The van der Waals surface area contributed by atoms with Gasteiger partial charge in [-0.05, 0) is 55.2 Å². The van der Waals surface area contributed by atoms with Crippen molar-refractivity contribution in [2.24, 2.45) is 5.92 Å². The molecule has 0 aliphatic heterocycles. The van der Waals surface area contributed by atoms with E-state index in [1.807, 2.05) is 22.9 Å². The maximum Gasteiger partial charge on any atom is 0.269 e. The quantitative estimate of drug-likeness (QED) is 0.739. The number of hydrogen-bond donors (Lipinski definition) is 1. The summed E-state index contributed by atoms with van der Waals surface area (Å²) in [6.45, 7) is 0.687. The Bertz CT molecular complexity index is 840. The van der Waals surface area contributed by atoms with Crippen molar-refractivity contribution in [1.82, 2.24) is 20.5 Å². The molecule has 6 nitrogen and oxygen atoms in total. The van der Waals surface area contributed by atoms with Crippen molar-refractivity contribution in [3.8, 4) is 11.5 Å². The number of carbonyl (C=O) groups excluding carboxylic acids is 1. The van der Waals surface area contributed by atoms with E-state index in [0.717, 1.165) is 37.1 Å². The highest BCUT2D eigenvalue weighted by Crippen LogP contribution is 2.36. The predicted molar refractivity (Wildman–Crippen MR) is 98.9 cm³/mol.